The van der Waals surface area contributed by atoms with Crippen molar-refractivity contribution in [2.75, 3.05) is 31.8 Å². The van der Waals surface area contributed by atoms with E-state index in [1.807, 2.05) is 27.7 Å². The molecule has 1 aromatic heterocycles. The Balaban J connectivity index is -0.000000659. The number of rotatable bonds is 4. The first-order valence-corrected chi connectivity index (χ1v) is 9.08. The molecule has 9 heteroatoms. The standard InChI is InChI=1S/C10H12N2O5S.2C2H6.CH4O/c1-12(18(3,15)16)9-5-7(6-13)4-8(11-9)10(14)17-2;3*1-2/h4-6H,1-3H3;2*1-2H3;2H,1H3. The molecule has 0 spiro atoms. The van der Waals surface area contributed by atoms with Crippen molar-refractivity contribution in [3.63, 3.8) is 0 Å². The minimum Gasteiger partial charge on any atom is -0.464 e. The van der Waals surface area contributed by atoms with Crippen molar-refractivity contribution in [2.45, 2.75) is 27.7 Å². The number of carbonyl (C=O) groups excluding carboxylic acids is 2. The van der Waals surface area contributed by atoms with Crippen LogP contribution in [-0.4, -0.2) is 58.3 Å². The maximum atomic E-state index is 11.4. The summed E-state index contributed by atoms with van der Waals surface area (Å²) in [6.45, 7) is 8.00. The summed E-state index contributed by atoms with van der Waals surface area (Å²) >= 11 is 0. The average Bonchev–Trinajstić information content (AvgIpc) is 2.64. The fraction of sp³-hybridized carbons (Fsp3) is 0.533. The zero-order valence-electron chi connectivity index (χ0n) is 15.5. The lowest BCUT2D eigenvalue weighted by Gasteiger charge is -2.16. The van der Waals surface area contributed by atoms with Gasteiger partial charge in [-0.2, -0.15) is 0 Å². The Morgan fingerprint density at radius 3 is 2.00 bits per heavy atom. The number of aliphatic hydroxyl groups is 1. The number of anilines is 1. The van der Waals surface area contributed by atoms with Crippen molar-refractivity contribution in [3.05, 3.63) is 23.4 Å². The van der Waals surface area contributed by atoms with E-state index in [0.717, 1.165) is 24.8 Å². The lowest BCUT2D eigenvalue weighted by atomic mass is 10.2. The molecule has 0 aliphatic heterocycles. The Morgan fingerprint density at radius 2 is 1.67 bits per heavy atom. The highest BCUT2D eigenvalue weighted by Gasteiger charge is 2.17. The number of aromatic nitrogens is 1. The van der Waals surface area contributed by atoms with Gasteiger partial charge in [0, 0.05) is 19.7 Å². The Kier molecular flexibility index (Phi) is 16.3. The van der Waals surface area contributed by atoms with Crippen molar-refractivity contribution >= 4 is 28.1 Å². The second-order valence-corrected chi connectivity index (χ2v) is 5.50. The van der Waals surface area contributed by atoms with Crippen LogP contribution in [0.2, 0.25) is 0 Å². The van der Waals surface area contributed by atoms with Gasteiger partial charge in [-0.15, -0.1) is 0 Å². The predicted molar refractivity (Wildman–Crippen MR) is 95.0 cm³/mol. The second-order valence-electron chi connectivity index (χ2n) is 3.48. The van der Waals surface area contributed by atoms with Crippen LogP contribution in [0, 0.1) is 0 Å². The van der Waals surface area contributed by atoms with Crippen molar-refractivity contribution in [2.24, 2.45) is 0 Å². The van der Waals surface area contributed by atoms with Crippen LogP contribution in [0.4, 0.5) is 5.82 Å². The Labute approximate surface area is 144 Å². The number of nitrogens with zero attached hydrogens (tertiary/aromatic N) is 2. The molecule has 0 unspecified atom stereocenters. The van der Waals surface area contributed by atoms with Gasteiger partial charge in [-0.1, -0.05) is 27.7 Å². The maximum absolute atomic E-state index is 11.4. The number of ether oxygens (including phenoxy) is 1. The largest absolute Gasteiger partial charge is 0.464 e. The van der Waals surface area contributed by atoms with Crippen LogP contribution in [0.3, 0.4) is 0 Å². The van der Waals surface area contributed by atoms with Crippen LogP contribution in [0.1, 0.15) is 48.5 Å². The lowest BCUT2D eigenvalue weighted by Crippen LogP contribution is -2.26. The first-order valence-electron chi connectivity index (χ1n) is 7.23. The minimum atomic E-state index is -3.53. The first kappa shape index (κ1) is 26.9. The van der Waals surface area contributed by atoms with Gasteiger partial charge in [-0.25, -0.2) is 18.2 Å². The summed E-state index contributed by atoms with van der Waals surface area (Å²) in [5.41, 5.74) is 0.00324. The molecule has 0 saturated carbocycles. The van der Waals surface area contributed by atoms with Gasteiger partial charge in [0.25, 0.3) is 0 Å². The van der Waals surface area contributed by atoms with Crippen LogP contribution < -0.4 is 4.31 Å². The highest BCUT2D eigenvalue weighted by molar-refractivity contribution is 7.92. The molecule has 0 amide bonds. The topological polar surface area (TPSA) is 114 Å². The number of pyridine rings is 1. The van der Waals surface area contributed by atoms with Gasteiger partial charge >= 0.3 is 5.97 Å². The Bertz CT molecular complexity index is 588. The normalized spacial score (nSPS) is 8.88. The molecule has 0 aromatic carbocycles. The number of aldehydes is 1. The Morgan fingerprint density at radius 1 is 1.21 bits per heavy atom. The lowest BCUT2D eigenvalue weighted by molar-refractivity contribution is 0.0594. The number of carbonyl (C=O) groups is 2. The summed E-state index contributed by atoms with van der Waals surface area (Å²) in [5.74, 6) is -0.774. The third-order valence-electron chi connectivity index (χ3n) is 2.18. The van der Waals surface area contributed by atoms with Crippen molar-refractivity contribution in [3.8, 4) is 0 Å². The van der Waals surface area contributed by atoms with Gasteiger partial charge in [0.15, 0.2) is 5.69 Å². The second kappa shape index (κ2) is 14.6. The number of esters is 1. The molecule has 0 radical (unpaired) electrons. The van der Waals surface area contributed by atoms with Gasteiger partial charge in [0.05, 0.1) is 13.4 Å². The van der Waals surface area contributed by atoms with E-state index in [1.165, 1.54) is 19.2 Å². The van der Waals surface area contributed by atoms with E-state index in [4.69, 9.17) is 5.11 Å². The van der Waals surface area contributed by atoms with E-state index in [-0.39, 0.29) is 17.1 Å². The third-order valence-corrected chi connectivity index (χ3v) is 3.37. The van der Waals surface area contributed by atoms with Crippen molar-refractivity contribution < 1.29 is 27.9 Å². The van der Waals surface area contributed by atoms with Crippen LogP contribution >= 0.6 is 0 Å². The molecule has 0 aliphatic carbocycles. The van der Waals surface area contributed by atoms with Crippen LogP contribution in [0.5, 0.6) is 0 Å². The summed E-state index contributed by atoms with van der Waals surface area (Å²) in [4.78, 5) is 25.9. The highest BCUT2D eigenvalue weighted by Crippen LogP contribution is 2.16. The first-order chi connectivity index (χ1) is 11.3. The fourth-order valence-corrected chi connectivity index (χ4v) is 1.58. The van der Waals surface area contributed by atoms with Crippen LogP contribution in [0.15, 0.2) is 12.1 Å². The molecule has 1 rings (SSSR count). The van der Waals surface area contributed by atoms with Gasteiger partial charge in [-0.05, 0) is 12.1 Å². The molecule has 0 atom stereocenters. The molecule has 140 valence electrons. The van der Waals surface area contributed by atoms with Crippen molar-refractivity contribution in [1.29, 1.82) is 0 Å². The maximum Gasteiger partial charge on any atom is 0.356 e. The van der Waals surface area contributed by atoms with E-state index < -0.39 is 16.0 Å². The summed E-state index contributed by atoms with van der Waals surface area (Å²) in [6.07, 6.45) is 1.48. The molecule has 1 N–H and O–H groups in total. The molecule has 0 bridgehead atoms. The fourth-order valence-electron chi connectivity index (χ4n) is 1.14. The molecule has 1 aromatic rings. The van der Waals surface area contributed by atoms with Gasteiger partial charge in [0.1, 0.15) is 12.1 Å². The summed E-state index contributed by atoms with van der Waals surface area (Å²) < 4.78 is 28.1. The van der Waals surface area contributed by atoms with E-state index >= 15 is 0 Å². The zero-order valence-corrected chi connectivity index (χ0v) is 16.3. The van der Waals surface area contributed by atoms with E-state index in [1.54, 1.807) is 0 Å². The van der Waals surface area contributed by atoms with Gasteiger partial charge in [0.2, 0.25) is 10.0 Å². The van der Waals surface area contributed by atoms with Crippen LogP contribution in [-0.2, 0) is 14.8 Å². The highest BCUT2D eigenvalue weighted by atomic mass is 32.2. The molecule has 8 nitrogen and oxygen atoms in total. The number of sulfonamides is 1. The third kappa shape index (κ3) is 9.21. The van der Waals surface area contributed by atoms with Crippen LogP contribution in [0.25, 0.3) is 0 Å². The van der Waals surface area contributed by atoms with Gasteiger partial charge < -0.3 is 9.84 Å². The molecule has 0 fully saturated rings. The number of hydrogen-bond acceptors (Lipinski definition) is 7. The zero-order chi connectivity index (χ0) is 19.9. The molecule has 1 heterocycles. The number of methoxy groups -OCH3 is 1. The SMILES string of the molecule is CC.CC.CO.COC(=O)c1cc(C=O)cc(N(C)S(C)(=O)=O)n1. The summed E-state index contributed by atoms with van der Waals surface area (Å²) in [7, 11) is -0.0919. The molecule has 24 heavy (non-hydrogen) atoms. The average molecular weight is 364 g/mol. The minimum absolute atomic E-state index is 0.0255. The van der Waals surface area contributed by atoms with Gasteiger partial charge in [-0.3, -0.25) is 9.10 Å². The molecular formula is C15H28N2O6S. The quantitative estimate of drug-likeness (QED) is 0.639. The number of aliphatic hydroxyl groups excluding tert-OH is 1. The van der Waals surface area contributed by atoms with E-state index in [9.17, 15) is 18.0 Å². The molecular weight excluding hydrogens is 336 g/mol. The number of hydrogen-bond donors (Lipinski definition) is 1. The summed E-state index contributed by atoms with van der Waals surface area (Å²) in [6, 6.07) is 2.49. The van der Waals surface area contributed by atoms with E-state index in [2.05, 4.69) is 9.72 Å². The molecule has 0 aliphatic rings. The Hall–Kier alpha value is -2.00. The smallest absolute Gasteiger partial charge is 0.356 e. The predicted octanol–water partition coefficient (Wildman–Crippen LogP) is 1.74. The molecule has 0 saturated heterocycles. The van der Waals surface area contributed by atoms with Crippen molar-refractivity contribution in [1.82, 2.24) is 4.98 Å². The monoisotopic (exact) mass is 364 g/mol. The van der Waals surface area contributed by atoms with E-state index in [0.29, 0.717) is 6.29 Å². The summed E-state index contributed by atoms with van der Waals surface area (Å²) in [5, 5.41) is 7.00.